The van der Waals surface area contributed by atoms with Crippen LogP contribution in [0.3, 0.4) is 0 Å². The zero-order valence-corrected chi connectivity index (χ0v) is 19.8. The molecule has 0 saturated carbocycles. The first-order valence-corrected chi connectivity index (χ1v) is 12.8. The summed E-state index contributed by atoms with van der Waals surface area (Å²) in [5.74, 6) is -0.684. The number of anilines is 1. The van der Waals surface area contributed by atoms with Crippen molar-refractivity contribution in [1.29, 1.82) is 0 Å². The van der Waals surface area contributed by atoms with Gasteiger partial charge in [0, 0.05) is 35.9 Å². The number of aromatic nitrogens is 1. The molecule has 33 heavy (non-hydrogen) atoms. The molecule has 2 amide bonds. The Morgan fingerprint density at radius 2 is 1.79 bits per heavy atom. The molecule has 0 radical (unpaired) electrons. The van der Waals surface area contributed by atoms with Gasteiger partial charge in [-0.1, -0.05) is 37.3 Å². The number of fused-ring (bicyclic) bond motifs is 1. The lowest BCUT2D eigenvalue weighted by Gasteiger charge is -2.30. The second-order valence-corrected chi connectivity index (χ2v) is 10.8. The third-order valence-electron chi connectivity index (χ3n) is 6.15. The molecule has 1 N–H and O–H groups in total. The second-order valence-electron chi connectivity index (χ2n) is 8.88. The minimum Gasteiger partial charge on any atom is -0.341 e. The van der Waals surface area contributed by atoms with Gasteiger partial charge in [0.1, 0.15) is 12.3 Å². The highest BCUT2D eigenvalue weighted by Crippen LogP contribution is 2.27. The summed E-state index contributed by atoms with van der Waals surface area (Å²) in [6, 6.07) is 14.3. The Kier molecular flexibility index (Phi) is 6.56. The molecule has 0 unspecified atom stereocenters. The summed E-state index contributed by atoms with van der Waals surface area (Å²) < 4.78 is 28.0. The summed E-state index contributed by atoms with van der Waals surface area (Å²) in [4.78, 5) is 27.3. The average molecular weight is 468 g/mol. The van der Waals surface area contributed by atoms with E-state index < -0.39 is 21.5 Å². The largest absolute Gasteiger partial charge is 0.341 e. The van der Waals surface area contributed by atoms with Crippen molar-refractivity contribution in [3.63, 3.8) is 0 Å². The highest BCUT2D eigenvalue weighted by Gasteiger charge is 2.26. The van der Waals surface area contributed by atoms with Gasteiger partial charge in [0.05, 0.1) is 4.90 Å². The van der Waals surface area contributed by atoms with Gasteiger partial charge in [0.15, 0.2) is 9.84 Å². The smallest absolute Gasteiger partial charge is 0.242 e. The van der Waals surface area contributed by atoms with Gasteiger partial charge < -0.3 is 14.8 Å². The Labute approximate surface area is 194 Å². The lowest BCUT2D eigenvalue weighted by Crippen LogP contribution is -2.39. The van der Waals surface area contributed by atoms with Crippen molar-refractivity contribution in [2.24, 2.45) is 5.92 Å². The van der Waals surface area contributed by atoms with E-state index in [1.54, 1.807) is 41.0 Å². The summed E-state index contributed by atoms with van der Waals surface area (Å²) in [6.07, 6.45) is 3.45. The Morgan fingerprint density at radius 3 is 2.52 bits per heavy atom. The van der Waals surface area contributed by atoms with Gasteiger partial charge in [0.2, 0.25) is 11.8 Å². The summed E-state index contributed by atoms with van der Waals surface area (Å²) in [7, 11) is -3.92. The number of amides is 2. The summed E-state index contributed by atoms with van der Waals surface area (Å²) >= 11 is 0. The zero-order chi connectivity index (χ0) is 23.6. The number of benzene rings is 2. The molecule has 7 nitrogen and oxygen atoms in total. The van der Waals surface area contributed by atoms with Gasteiger partial charge in [-0.2, -0.15) is 0 Å². The molecule has 1 saturated heterocycles. The fourth-order valence-electron chi connectivity index (χ4n) is 4.27. The fourth-order valence-corrected chi connectivity index (χ4v) is 5.63. The molecule has 1 aliphatic heterocycles. The Morgan fingerprint density at radius 1 is 1.06 bits per heavy atom. The number of nitrogens with one attached hydrogen (secondary N) is 1. The first-order valence-electron chi connectivity index (χ1n) is 11.2. The van der Waals surface area contributed by atoms with E-state index in [-0.39, 0.29) is 17.3 Å². The molecule has 4 rings (SSSR count). The Balaban J connectivity index is 1.56. The van der Waals surface area contributed by atoms with Crippen molar-refractivity contribution >= 4 is 38.2 Å². The van der Waals surface area contributed by atoms with Gasteiger partial charge in [-0.15, -0.1) is 0 Å². The van der Waals surface area contributed by atoms with Crippen LogP contribution in [0.15, 0.2) is 59.6 Å². The Hall–Kier alpha value is -3.13. The van der Waals surface area contributed by atoms with Crippen molar-refractivity contribution < 1.29 is 18.0 Å². The fraction of sp³-hybridized carbons (Fsp3) is 0.360. The van der Waals surface area contributed by atoms with Crippen molar-refractivity contribution in [2.45, 2.75) is 38.1 Å². The van der Waals surface area contributed by atoms with Crippen molar-refractivity contribution in [3.05, 3.63) is 60.3 Å². The van der Waals surface area contributed by atoms with E-state index in [4.69, 9.17) is 0 Å². The lowest BCUT2D eigenvalue weighted by atomic mass is 9.99. The SMILES string of the molecule is Cc1cccc(NC(=O)CS(=O)(=O)c2cn(CC(=O)N3CCC(C)CC3)c3ccccc23)c1. The number of nitrogens with zero attached hydrogens (tertiary/aromatic N) is 2. The first kappa shape index (κ1) is 23.0. The number of para-hydroxylation sites is 1. The molecule has 1 fully saturated rings. The van der Waals surface area contributed by atoms with Crippen LogP contribution < -0.4 is 5.32 Å². The molecule has 174 valence electrons. The number of sulfone groups is 1. The summed E-state index contributed by atoms with van der Waals surface area (Å²) in [5.41, 5.74) is 2.18. The van der Waals surface area contributed by atoms with Crippen LogP contribution in [0.2, 0.25) is 0 Å². The summed E-state index contributed by atoms with van der Waals surface area (Å²) in [5, 5.41) is 3.17. The van der Waals surface area contributed by atoms with Gasteiger partial charge in [-0.25, -0.2) is 8.42 Å². The highest BCUT2D eigenvalue weighted by molar-refractivity contribution is 7.92. The monoisotopic (exact) mass is 467 g/mol. The van der Waals surface area contributed by atoms with Crippen molar-refractivity contribution in [2.75, 3.05) is 24.2 Å². The molecule has 3 aromatic rings. The number of aryl methyl sites for hydroxylation is 1. The van der Waals surface area contributed by atoms with Crippen LogP contribution in [0, 0.1) is 12.8 Å². The van der Waals surface area contributed by atoms with E-state index in [1.165, 1.54) is 6.20 Å². The molecular weight excluding hydrogens is 438 g/mol. The quantitative estimate of drug-likeness (QED) is 0.600. The van der Waals surface area contributed by atoms with E-state index in [0.29, 0.717) is 22.5 Å². The van der Waals surface area contributed by atoms with Gasteiger partial charge in [-0.3, -0.25) is 9.59 Å². The third-order valence-corrected chi connectivity index (χ3v) is 7.79. The maximum Gasteiger partial charge on any atom is 0.242 e. The van der Waals surface area contributed by atoms with E-state index in [0.717, 1.165) is 31.5 Å². The van der Waals surface area contributed by atoms with E-state index in [2.05, 4.69) is 12.2 Å². The summed E-state index contributed by atoms with van der Waals surface area (Å²) in [6.45, 7) is 5.60. The molecule has 0 aliphatic carbocycles. The van der Waals surface area contributed by atoms with Gasteiger partial charge in [-0.05, 0) is 49.4 Å². The van der Waals surface area contributed by atoms with E-state index in [9.17, 15) is 18.0 Å². The number of piperidine rings is 1. The van der Waals surface area contributed by atoms with Crippen LogP contribution >= 0.6 is 0 Å². The average Bonchev–Trinajstić information content (AvgIpc) is 3.13. The number of hydrogen-bond donors (Lipinski definition) is 1. The predicted octanol–water partition coefficient (Wildman–Crippen LogP) is 3.62. The van der Waals surface area contributed by atoms with Crippen LogP contribution in [-0.2, 0) is 26.0 Å². The molecule has 2 heterocycles. The normalized spacial score (nSPS) is 15.0. The maximum atomic E-state index is 13.2. The zero-order valence-electron chi connectivity index (χ0n) is 19.0. The molecule has 8 heteroatoms. The maximum absolute atomic E-state index is 13.2. The van der Waals surface area contributed by atoms with Crippen LogP contribution in [-0.4, -0.2) is 48.5 Å². The topological polar surface area (TPSA) is 88.5 Å². The molecule has 1 aromatic heterocycles. The lowest BCUT2D eigenvalue weighted by molar-refractivity contribution is -0.133. The van der Waals surface area contributed by atoms with E-state index in [1.807, 2.05) is 24.0 Å². The molecule has 1 aliphatic rings. The minimum atomic E-state index is -3.92. The van der Waals surface area contributed by atoms with Crippen LogP contribution in [0.5, 0.6) is 0 Å². The first-order chi connectivity index (χ1) is 15.7. The van der Waals surface area contributed by atoms with Crippen LogP contribution in [0.4, 0.5) is 5.69 Å². The minimum absolute atomic E-state index is 0.0243. The number of hydrogen-bond acceptors (Lipinski definition) is 4. The van der Waals surface area contributed by atoms with Crippen molar-refractivity contribution in [3.8, 4) is 0 Å². The molecule has 0 atom stereocenters. The number of rotatable bonds is 6. The molecular formula is C25H29N3O4S. The molecule has 2 aromatic carbocycles. The van der Waals surface area contributed by atoms with E-state index >= 15 is 0 Å². The highest BCUT2D eigenvalue weighted by atomic mass is 32.2. The predicted molar refractivity (Wildman–Crippen MR) is 129 cm³/mol. The number of carbonyl (C=O) groups excluding carboxylic acids is 2. The van der Waals surface area contributed by atoms with Crippen LogP contribution in [0.25, 0.3) is 10.9 Å². The standard InChI is InChI=1S/C25H29N3O4S/c1-18-10-12-27(13-11-18)25(30)16-28-15-23(21-8-3-4-9-22(21)28)33(31,32)17-24(29)26-20-7-5-6-19(2)14-20/h3-9,14-15,18H,10-13,16-17H2,1-2H3,(H,26,29). The van der Waals surface area contributed by atoms with Gasteiger partial charge >= 0.3 is 0 Å². The number of carbonyl (C=O) groups is 2. The second kappa shape index (κ2) is 9.39. The third kappa shape index (κ3) is 5.27. The molecule has 0 spiro atoms. The van der Waals surface area contributed by atoms with Crippen molar-refractivity contribution in [1.82, 2.24) is 9.47 Å². The van der Waals surface area contributed by atoms with Crippen LogP contribution in [0.1, 0.15) is 25.3 Å². The van der Waals surface area contributed by atoms with Gasteiger partial charge in [0.25, 0.3) is 0 Å². The molecule has 0 bridgehead atoms. The number of likely N-dealkylation sites (tertiary alicyclic amines) is 1. The Bertz CT molecular complexity index is 1290.